The van der Waals surface area contributed by atoms with E-state index in [1.165, 1.54) is 0 Å². The van der Waals surface area contributed by atoms with Crippen LogP contribution in [0.1, 0.15) is 33.8 Å². The van der Waals surface area contributed by atoms with E-state index in [0.29, 0.717) is 29.4 Å². The number of halogens is 1. The van der Waals surface area contributed by atoms with Crippen molar-refractivity contribution in [1.29, 1.82) is 0 Å². The predicted molar refractivity (Wildman–Crippen MR) is 113 cm³/mol. The molecule has 5 aromatic heterocycles. The van der Waals surface area contributed by atoms with Gasteiger partial charge in [0.1, 0.15) is 11.7 Å². The van der Waals surface area contributed by atoms with Gasteiger partial charge in [-0.15, -0.1) is 10.2 Å². The summed E-state index contributed by atoms with van der Waals surface area (Å²) in [5.41, 5.74) is 3.58. The van der Waals surface area contributed by atoms with Crippen LogP contribution in [0.4, 0.5) is 0 Å². The second-order valence-electron chi connectivity index (χ2n) is 7.30. The van der Waals surface area contributed by atoms with Crippen molar-refractivity contribution in [3.05, 3.63) is 83.1 Å². The van der Waals surface area contributed by atoms with E-state index in [-0.39, 0.29) is 11.8 Å². The van der Waals surface area contributed by atoms with Gasteiger partial charge in [-0.3, -0.25) is 9.78 Å². The minimum atomic E-state index is -0.529. The zero-order valence-corrected chi connectivity index (χ0v) is 17.3. The molecule has 0 aliphatic carbocycles. The Balaban J connectivity index is 1.41. The van der Waals surface area contributed by atoms with Crippen LogP contribution in [0.25, 0.3) is 17.1 Å². The molecule has 1 atom stereocenters. The molecule has 1 aliphatic rings. The molecule has 6 heterocycles. The third-order valence-electron chi connectivity index (χ3n) is 5.43. The van der Waals surface area contributed by atoms with Crippen molar-refractivity contribution in [3.63, 3.8) is 0 Å². The third kappa shape index (κ3) is 2.95. The van der Waals surface area contributed by atoms with Crippen molar-refractivity contribution in [2.75, 3.05) is 6.54 Å². The SMILES string of the molecule is O=C(c1nnc(-c2ccccn2)o1)N1CCc2[nH]cnc2C1c1cc2c(Cl)cccn2n1. The van der Waals surface area contributed by atoms with Gasteiger partial charge >= 0.3 is 11.8 Å². The van der Waals surface area contributed by atoms with Gasteiger partial charge in [0.15, 0.2) is 0 Å². The molecular weight excluding hydrogens is 432 g/mol. The molecule has 0 spiro atoms. The van der Waals surface area contributed by atoms with Gasteiger partial charge in [0.25, 0.3) is 5.89 Å². The maximum Gasteiger partial charge on any atom is 0.312 e. The number of H-pyrrole nitrogens is 1. The lowest BCUT2D eigenvalue weighted by Gasteiger charge is -2.32. The van der Waals surface area contributed by atoms with E-state index in [2.05, 4.69) is 30.2 Å². The number of aromatic nitrogens is 7. The monoisotopic (exact) mass is 446 g/mol. The van der Waals surface area contributed by atoms with Crippen molar-refractivity contribution in [1.82, 2.24) is 39.7 Å². The Labute approximate surface area is 185 Å². The summed E-state index contributed by atoms with van der Waals surface area (Å²) >= 11 is 6.34. The van der Waals surface area contributed by atoms with E-state index >= 15 is 0 Å². The Morgan fingerprint density at radius 3 is 2.97 bits per heavy atom. The molecule has 0 aromatic carbocycles. The highest BCUT2D eigenvalue weighted by molar-refractivity contribution is 6.33. The number of carbonyl (C=O) groups is 1. The van der Waals surface area contributed by atoms with Crippen LogP contribution >= 0.6 is 11.6 Å². The molecule has 0 radical (unpaired) electrons. The third-order valence-corrected chi connectivity index (χ3v) is 5.75. The van der Waals surface area contributed by atoms with E-state index in [1.54, 1.807) is 40.1 Å². The number of nitrogens with one attached hydrogen (secondary N) is 1. The molecule has 1 amide bonds. The second kappa shape index (κ2) is 7.27. The lowest BCUT2D eigenvalue weighted by Crippen LogP contribution is -2.41. The normalized spacial score (nSPS) is 15.8. The standard InChI is InChI=1S/C21H15ClN8O2/c22-12-4-3-8-30-16(12)10-15(28-30)18-17-13(24-11-25-17)6-9-29(18)21(31)20-27-26-19(32-20)14-5-1-2-7-23-14/h1-5,7-8,10-11,18H,6,9H2,(H,24,25). The zero-order chi connectivity index (χ0) is 21.7. The summed E-state index contributed by atoms with van der Waals surface area (Å²) < 4.78 is 7.35. The van der Waals surface area contributed by atoms with Crippen LogP contribution in [0.3, 0.4) is 0 Å². The number of hydrogen-bond donors (Lipinski definition) is 1. The Hall–Kier alpha value is -4.05. The van der Waals surface area contributed by atoms with Gasteiger partial charge in [0, 0.05) is 31.1 Å². The number of carbonyl (C=O) groups excluding carboxylic acids is 1. The number of hydrogen-bond acceptors (Lipinski definition) is 7. The van der Waals surface area contributed by atoms with Gasteiger partial charge in [-0.05, 0) is 30.3 Å². The van der Waals surface area contributed by atoms with E-state index in [0.717, 1.165) is 16.9 Å². The predicted octanol–water partition coefficient (Wildman–Crippen LogP) is 2.94. The summed E-state index contributed by atoms with van der Waals surface area (Å²) in [5.74, 6) is -0.333. The van der Waals surface area contributed by atoms with Crippen LogP contribution < -0.4 is 0 Å². The fourth-order valence-electron chi connectivity index (χ4n) is 3.95. The number of fused-ring (bicyclic) bond motifs is 2. The Morgan fingerprint density at radius 1 is 1.19 bits per heavy atom. The smallest absolute Gasteiger partial charge is 0.312 e. The average Bonchev–Trinajstić information content (AvgIpc) is 3.58. The van der Waals surface area contributed by atoms with Crippen LogP contribution in [0, 0.1) is 0 Å². The van der Waals surface area contributed by atoms with Crippen LogP contribution in [0.15, 0.2) is 59.5 Å². The molecule has 5 aromatic rings. The molecular formula is C21H15ClN8O2. The minimum absolute atomic E-state index is 0.114. The quantitative estimate of drug-likeness (QED) is 0.452. The molecule has 0 saturated carbocycles. The highest BCUT2D eigenvalue weighted by Crippen LogP contribution is 2.35. The number of imidazole rings is 1. The summed E-state index contributed by atoms with van der Waals surface area (Å²) in [7, 11) is 0. The van der Waals surface area contributed by atoms with Gasteiger partial charge in [-0.25, -0.2) is 9.50 Å². The first kappa shape index (κ1) is 18.7. The summed E-state index contributed by atoms with van der Waals surface area (Å²) in [4.78, 5) is 26.9. The number of amides is 1. The highest BCUT2D eigenvalue weighted by Gasteiger charge is 2.38. The highest BCUT2D eigenvalue weighted by atomic mass is 35.5. The van der Waals surface area contributed by atoms with E-state index < -0.39 is 11.9 Å². The average molecular weight is 447 g/mol. The number of pyridine rings is 2. The van der Waals surface area contributed by atoms with Gasteiger partial charge in [-0.1, -0.05) is 17.7 Å². The summed E-state index contributed by atoms with van der Waals surface area (Å²) in [6, 6.07) is 10.3. The molecule has 32 heavy (non-hydrogen) atoms. The van der Waals surface area contributed by atoms with Crippen molar-refractivity contribution in [3.8, 4) is 11.6 Å². The number of aromatic amines is 1. The summed E-state index contributed by atoms with van der Waals surface area (Å²) in [6.45, 7) is 0.432. The number of rotatable bonds is 3. The molecule has 10 nitrogen and oxygen atoms in total. The largest absolute Gasteiger partial charge is 0.411 e. The molecule has 1 N–H and O–H groups in total. The Morgan fingerprint density at radius 2 is 2.12 bits per heavy atom. The molecule has 0 saturated heterocycles. The van der Waals surface area contributed by atoms with E-state index in [4.69, 9.17) is 16.0 Å². The van der Waals surface area contributed by atoms with E-state index in [1.807, 2.05) is 24.4 Å². The van der Waals surface area contributed by atoms with Gasteiger partial charge in [0.05, 0.1) is 28.3 Å². The summed E-state index contributed by atoms with van der Waals surface area (Å²) in [5, 5.41) is 13.2. The molecule has 0 fully saturated rings. The van der Waals surface area contributed by atoms with Crippen LogP contribution in [-0.4, -0.2) is 52.1 Å². The lowest BCUT2D eigenvalue weighted by molar-refractivity contribution is 0.0646. The minimum Gasteiger partial charge on any atom is -0.411 e. The summed E-state index contributed by atoms with van der Waals surface area (Å²) in [6.07, 6.45) is 5.67. The van der Waals surface area contributed by atoms with Crippen molar-refractivity contribution in [2.24, 2.45) is 0 Å². The van der Waals surface area contributed by atoms with Crippen molar-refractivity contribution >= 4 is 23.0 Å². The fraction of sp³-hybridized carbons (Fsp3) is 0.143. The van der Waals surface area contributed by atoms with E-state index in [9.17, 15) is 4.79 Å². The van der Waals surface area contributed by atoms with Crippen molar-refractivity contribution < 1.29 is 9.21 Å². The Bertz CT molecular complexity index is 1440. The molecule has 11 heteroatoms. The van der Waals surface area contributed by atoms with Gasteiger partial charge in [0.2, 0.25) is 0 Å². The maximum atomic E-state index is 13.5. The van der Waals surface area contributed by atoms with Gasteiger partial charge < -0.3 is 14.3 Å². The first-order chi connectivity index (χ1) is 15.7. The Kier molecular flexibility index (Phi) is 4.25. The molecule has 0 bridgehead atoms. The topological polar surface area (TPSA) is 118 Å². The van der Waals surface area contributed by atoms with Crippen LogP contribution in [-0.2, 0) is 6.42 Å². The molecule has 1 unspecified atom stereocenters. The fourth-order valence-corrected chi connectivity index (χ4v) is 4.17. The second-order valence-corrected chi connectivity index (χ2v) is 7.71. The first-order valence-corrected chi connectivity index (χ1v) is 10.3. The maximum absolute atomic E-state index is 13.5. The molecule has 1 aliphatic heterocycles. The molecule has 6 rings (SSSR count). The van der Waals surface area contributed by atoms with Gasteiger partial charge in [-0.2, -0.15) is 5.10 Å². The van der Waals surface area contributed by atoms with Crippen LogP contribution in [0.5, 0.6) is 0 Å². The lowest BCUT2D eigenvalue weighted by atomic mass is 9.99. The van der Waals surface area contributed by atoms with Crippen molar-refractivity contribution in [2.45, 2.75) is 12.5 Å². The number of nitrogens with zero attached hydrogens (tertiary/aromatic N) is 7. The first-order valence-electron chi connectivity index (χ1n) is 9.91. The molecule has 158 valence electrons. The van der Waals surface area contributed by atoms with Crippen LogP contribution in [0.2, 0.25) is 5.02 Å². The zero-order valence-electron chi connectivity index (χ0n) is 16.5.